The minimum absolute atomic E-state index is 0.0690. The van der Waals surface area contributed by atoms with Crippen molar-refractivity contribution in [2.24, 2.45) is 0 Å². The Balaban J connectivity index is 1.61. The van der Waals surface area contributed by atoms with Gasteiger partial charge in [0.05, 0.1) is 39.2 Å². The van der Waals surface area contributed by atoms with Gasteiger partial charge in [0.15, 0.2) is 0 Å². The fourth-order valence-corrected chi connectivity index (χ4v) is 5.17. The molecule has 0 aliphatic rings. The molecule has 1 unspecified atom stereocenters. The maximum absolute atomic E-state index is 13.8. The number of amides is 4. The number of halogens is 2. The molecule has 0 fully saturated rings. The van der Waals surface area contributed by atoms with Crippen LogP contribution in [0.2, 0.25) is 0 Å². The van der Waals surface area contributed by atoms with E-state index in [1.165, 1.54) is 7.11 Å². The Bertz CT molecular complexity index is 1780. The van der Waals surface area contributed by atoms with Crippen LogP contribution in [0.4, 0.5) is 18.4 Å². The predicted octanol–water partition coefficient (Wildman–Crippen LogP) is 4.75. The number of hydrogen-bond acceptors (Lipinski definition) is 8. The summed E-state index contributed by atoms with van der Waals surface area (Å²) in [5, 5.41) is 8.13. The molecule has 1 aromatic heterocycles. The summed E-state index contributed by atoms with van der Waals surface area (Å²) >= 11 is 0. The topological polar surface area (TPSA) is 158 Å². The molecule has 4 N–H and O–H groups in total. The number of ether oxygens (including phenoxy) is 2. The fourth-order valence-electron chi connectivity index (χ4n) is 5.17. The van der Waals surface area contributed by atoms with Crippen molar-refractivity contribution in [3.05, 3.63) is 83.3 Å². The van der Waals surface area contributed by atoms with Crippen LogP contribution >= 0.6 is 0 Å². The molecule has 0 aliphatic carbocycles. The van der Waals surface area contributed by atoms with E-state index in [1.54, 1.807) is 11.1 Å². The van der Waals surface area contributed by atoms with E-state index < -0.39 is 37.1 Å². The van der Waals surface area contributed by atoms with Gasteiger partial charge in [-0.05, 0) is 55.7 Å². The van der Waals surface area contributed by atoms with Gasteiger partial charge < -0.3 is 40.2 Å². The van der Waals surface area contributed by atoms with Crippen molar-refractivity contribution in [3.8, 4) is 23.1 Å². The van der Waals surface area contributed by atoms with Gasteiger partial charge in [-0.2, -0.15) is 0 Å². The zero-order valence-corrected chi connectivity index (χ0v) is 30.8. The van der Waals surface area contributed by atoms with Crippen LogP contribution in [-0.4, -0.2) is 103 Å². The molecule has 0 radical (unpaired) electrons. The van der Waals surface area contributed by atoms with Crippen LogP contribution in [0.1, 0.15) is 56.6 Å². The van der Waals surface area contributed by atoms with Crippen molar-refractivity contribution in [2.75, 3.05) is 46.9 Å². The Morgan fingerprint density at radius 2 is 1.47 bits per heavy atom. The molecule has 1 atom stereocenters. The molecule has 53 heavy (non-hydrogen) atoms. The summed E-state index contributed by atoms with van der Waals surface area (Å²) in [5.41, 5.74) is 4.87. The predicted molar refractivity (Wildman–Crippen MR) is 196 cm³/mol. The number of aromatic amines is 1. The first kappa shape index (κ1) is 41.5. The fraction of sp³-hybridized carbons (Fsp3) is 0.395. The maximum Gasteiger partial charge on any atom is 0.407 e. The monoisotopic (exact) mass is 735 g/mol. The number of imidazole rings is 1. The largest absolute Gasteiger partial charge is 0.453 e. The lowest BCUT2D eigenvalue weighted by molar-refractivity contribution is -0.136. The molecule has 0 bridgehead atoms. The summed E-state index contributed by atoms with van der Waals surface area (Å²) in [5.74, 6) is 2.57. The standard InChI is InChI=1S/C38H47F2N7O6/c1-7-19-46(34(48)21-42-36(50)52-5)23-26(3)44-31(8-2)29-15-11-27(12-16-29)9-10-28-13-17-30(18-14-28)32-20-41-33(45-32)24-47(25-38(4,39)40)35(49)22-43-37(51)53-6/h8,11-18,20,26,44H,7,19,21-25H2,1-6H3,(H,41,45)(H,42,50)(H,43,51)/b31-8-. The Hall–Kier alpha value is -5.91. The summed E-state index contributed by atoms with van der Waals surface area (Å²) in [4.78, 5) is 57.9. The van der Waals surface area contributed by atoms with Gasteiger partial charge in [-0.15, -0.1) is 0 Å². The van der Waals surface area contributed by atoms with Crippen LogP contribution < -0.4 is 16.0 Å². The van der Waals surface area contributed by atoms with Crippen molar-refractivity contribution >= 4 is 29.7 Å². The van der Waals surface area contributed by atoms with Gasteiger partial charge in [0.25, 0.3) is 5.92 Å². The van der Waals surface area contributed by atoms with Crippen molar-refractivity contribution in [3.63, 3.8) is 0 Å². The summed E-state index contributed by atoms with van der Waals surface area (Å²) in [6, 6.07) is 15.1. The highest BCUT2D eigenvalue weighted by atomic mass is 19.3. The molecule has 0 saturated heterocycles. The van der Waals surface area contributed by atoms with Crippen LogP contribution in [-0.2, 0) is 25.6 Å². The zero-order valence-electron chi connectivity index (χ0n) is 30.8. The average Bonchev–Trinajstić information content (AvgIpc) is 3.61. The third-order valence-electron chi connectivity index (χ3n) is 7.70. The first-order valence-electron chi connectivity index (χ1n) is 17.0. The maximum atomic E-state index is 13.8. The van der Waals surface area contributed by atoms with Crippen LogP contribution in [0, 0.1) is 11.8 Å². The van der Waals surface area contributed by atoms with E-state index in [0.29, 0.717) is 31.5 Å². The summed E-state index contributed by atoms with van der Waals surface area (Å²) in [6.45, 7) is 5.94. The number of alkyl carbamates (subject to hydrolysis) is 2. The molecule has 13 nitrogen and oxygen atoms in total. The number of nitrogens with one attached hydrogen (secondary N) is 4. The highest BCUT2D eigenvalue weighted by Gasteiger charge is 2.29. The number of rotatable bonds is 16. The second-order valence-corrected chi connectivity index (χ2v) is 12.2. The van der Waals surface area contributed by atoms with Gasteiger partial charge in [0.2, 0.25) is 11.8 Å². The van der Waals surface area contributed by atoms with Gasteiger partial charge in [0.1, 0.15) is 18.9 Å². The van der Waals surface area contributed by atoms with E-state index in [2.05, 4.69) is 47.2 Å². The third-order valence-corrected chi connectivity index (χ3v) is 7.70. The van der Waals surface area contributed by atoms with E-state index in [1.807, 2.05) is 75.4 Å². The van der Waals surface area contributed by atoms with Crippen LogP contribution in [0.5, 0.6) is 0 Å². The van der Waals surface area contributed by atoms with Gasteiger partial charge in [0, 0.05) is 42.9 Å². The average molecular weight is 736 g/mol. The SMILES string of the molecule is C/C=C(\NC(C)CN(CCC)C(=O)CNC(=O)OC)c1ccc(C#Cc2ccc(-c3cnc(CN(CC(C)(F)F)C(=O)CNC(=O)OC)[nH]3)cc2)cc1. The molecule has 0 saturated carbocycles. The number of aromatic nitrogens is 2. The lowest BCUT2D eigenvalue weighted by atomic mass is 10.1. The number of hydrogen-bond donors (Lipinski definition) is 4. The second kappa shape index (κ2) is 20.2. The number of H-pyrrole nitrogens is 1. The number of carbonyl (C=O) groups excluding carboxylic acids is 4. The summed E-state index contributed by atoms with van der Waals surface area (Å²) in [6.07, 6.45) is 2.80. The van der Waals surface area contributed by atoms with Crippen LogP contribution in [0.25, 0.3) is 17.0 Å². The quantitative estimate of drug-likeness (QED) is 0.154. The zero-order chi connectivity index (χ0) is 39.0. The Morgan fingerprint density at radius 1 is 0.925 bits per heavy atom. The van der Waals surface area contributed by atoms with E-state index in [4.69, 9.17) is 0 Å². The van der Waals surface area contributed by atoms with Crippen LogP contribution in [0.3, 0.4) is 0 Å². The normalized spacial score (nSPS) is 11.7. The second-order valence-electron chi connectivity index (χ2n) is 12.2. The number of alkyl halides is 2. The minimum Gasteiger partial charge on any atom is -0.453 e. The minimum atomic E-state index is -3.16. The number of methoxy groups -OCH3 is 2. The van der Waals surface area contributed by atoms with Crippen molar-refractivity contribution in [2.45, 2.75) is 52.6 Å². The number of benzene rings is 2. The highest BCUT2D eigenvalue weighted by Crippen LogP contribution is 2.20. The molecule has 2 aromatic carbocycles. The van der Waals surface area contributed by atoms with Gasteiger partial charge in [-0.3, -0.25) is 9.59 Å². The van der Waals surface area contributed by atoms with Crippen molar-refractivity contribution in [1.29, 1.82) is 0 Å². The van der Waals surface area contributed by atoms with Gasteiger partial charge >= 0.3 is 12.2 Å². The lowest BCUT2D eigenvalue weighted by Crippen LogP contribution is -2.46. The van der Waals surface area contributed by atoms with Crippen molar-refractivity contribution in [1.82, 2.24) is 35.7 Å². The van der Waals surface area contributed by atoms with Crippen LogP contribution in [0.15, 0.2) is 60.8 Å². The Labute approximate surface area is 308 Å². The number of allylic oxidation sites excluding steroid dienone is 1. The molecule has 284 valence electrons. The number of carbonyl (C=O) groups is 4. The Morgan fingerprint density at radius 3 is 1.98 bits per heavy atom. The van der Waals surface area contributed by atoms with E-state index in [-0.39, 0.29) is 25.0 Å². The van der Waals surface area contributed by atoms with Crippen molar-refractivity contribution < 1.29 is 37.4 Å². The molecule has 15 heteroatoms. The van der Waals surface area contributed by atoms with Gasteiger partial charge in [-0.1, -0.05) is 49.1 Å². The summed E-state index contributed by atoms with van der Waals surface area (Å²) < 4.78 is 36.7. The molecule has 0 aliphatic heterocycles. The molecular weight excluding hydrogens is 688 g/mol. The van der Waals surface area contributed by atoms with E-state index >= 15 is 0 Å². The summed E-state index contributed by atoms with van der Waals surface area (Å²) in [7, 11) is 2.38. The molecule has 0 spiro atoms. The smallest absolute Gasteiger partial charge is 0.407 e. The van der Waals surface area contributed by atoms with Gasteiger partial charge in [-0.25, -0.2) is 23.4 Å². The van der Waals surface area contributed by atoms with E-state index in [0.717, 1.165) is 46.4 Å². The first-order valence-corrected chi connectivity index (χ1v) is 17.0. The first-order chi connectivity index (χ1) is 25.2. The Kier molecular flexibility index (Phi) is 15.8. The molecule has 4 amide bonds. The molecular formula is C38H47F2N7O6. The molecule has 1 heterocycles. The third kappa shape index (κ3) is 14.0. The molecule has 3 rings (SSSR count). The lowest BCUT2D eigenvalue weighted by Gasteiger charge is -2.27. The number of nitrogens with zero attached hydrogens (tertiary/aromatic N) is 3. The molecule has 3 aromatic rings. The van der Waals surface area contributed by atoms with E-state index in [9.17, 15) is 28.0 Å². The highest BCUT2D eigenvalue weighted by molar-refractivity contribution is 5.83.